The average Bonchev–Trinajstić information content (AvgIpc) is 3.17. The number of benzene rings is 1. The van der Waals surface area contributed by atoms with Gasteiger partial charge in [0.2, 0.25) is 0 Å². The van der Waals surface area contributed by atoms with Gasteiger partial charge >= 0.3 is 11.8 Å². The fraction of sp³-hybridized carbons (Fsp3) is 0.421. The number of rotatable bonds is 8. The minimum Gasteiger partial charge on any atom is -0.504 e. The maximum Gasteiger partial charge on any atom is 0.329 e. The molecule has 1 aromatic rings. The second-order valence-electron chi connectivity index (χ2n) is 6.00. The van der Waals surface area contributed by atoms with Crippen molar-refractivity contribution in [1.29, 1.82) is 0 Å². The van der Waals surface area contributed by atoms with E-state index in [0.717, 1.165) is 12.8 Å². The first kappa shape index (κ1) is 20.4. The third-order valence-corrected chi connectivity index (χ3v) is 3.94. The van der Waals surface area contributed by atoms with Crippen LogP contribution in [-0.4, -0.2) is 49.0 Å². The Balaban J connectivity index is 1.94. The van der Waals surface area contributed by atoms with Crippen molar-refractivity contribution in [2.45, 2.75) is 32.3 Å². The van der Waals surface area contributed by atoms with Crippen LogP contribution in [0, 0.1) is 0 Å². The monoisotopic (exact) mass is 375 g/mol. The Bertz CT molecular complexity index is 712. The number of allylic oxidation sites excluding steroid dienone is 1. The lowest BCUT2D eigenvalue weighted by atomic mass is 10.1. The van der Waals surface area contributed by atoms with Crippen LogP contribution < -0.4 is 15.5 Å². The molecule has 1 heterocycles. The van der Waals surface area contributed by atoms with Gasteiger partial charge in [-0.3, -0.25) is 9.59 Å². The van der Waals surface area contributed by atoms with E-state index >= 15 is 0 Å². The third kappa shape index (κ3) is 6.10. The maximum absolute atomic E-state index is 11.8. The van der Waals surface area contributed by atoms with E-state index in [1.165, 1.54) is 6.21 Å². The normalized spacial score (nSPS) is 16.3. The van der Waals surface area contributed by atoms with Gasteiger partial charge in [-0.25, -0.2) is 5.43 Å². The van der Waals surface area contributed by atoms with E-state index in [2.05, 4.69) is 22.4 Å². The molecule has 0 aliphatic carbocycles. The highest BCUT2D eigenvalue weighted by Gasteiger charge is 2.19. The van der Waals surface area contributed by atoms with Crippen molar-refractivity contribution in [3.8, 4) is 11.5 Å². The predicted molar refractivity (Wildman–Crippen MR) is 101 cm³/mol. The van der Waals surface area contributed by atoms with Gasteiger partial charge in [0, 0.05) is 18.7 Å². The van der Waals surface area contributed by atoms with Crippen molar-refractivity contribution >= 4 is 18.0 Å². The summed E-state index contributed by atoms with van der Waals surface area (Å²) in [5, 5.41) is 16.5. The molecule has 146 valence electrons. The summed E-state index contributed by atoms with van der Waals surface area (Å²) >= 11 is 0. The number of nitrogens with zero attached hydrogens (tertiary/aromatic N) is 1. The van der Waals surface area contributed by atoms with Crippen molar-refractivity contribution in [1.82, 2.24) is 10.7 Å². The second kappa shape index (κ2) is 10.3. The quantitative estimate of drug-likeness (QED) is 0.274. The molecule has 1 aromatic carbocycles. The molecule has 8 heteroatoms. The highest BCUT2D eigenvalue weighted by molar-refractivity contribution is 6.35. The van der Waals surface area contributed by atoms with Gasteiger partial charge in [-0.05, 0) is 43.9 Å². The standard InChI is InChI=1S/C19H25N3O5/c1-3-6-14-9-13(10-16(17(14)23)26-4-2)11-21-22-19(25)18(24)20-12-15-7-5-8-27-15/h3,9-11,15,23H,1,4-8,12H2,2H3,(H,20,24)(H,22,25)/b21-11+/t15-/m1/s1. The summed E-state index contributed by atoms with van der Waals surface area (Å²) in [6, 6.07) is 3.30. The molecule has 0 unspecified atom stereocenters. The van der Waals surface area contributed by atoms with Crippen molar-refractivity contribution in [3.63, 3.8) is 0 Å². The Kier molecular flexibility index (Phi) is 7.81. The van der Waals surface area contributed by atoms with Gasteiger partial charge < -0.3 is 19.9 Å². The summed E-state index contributed by atoms with van der Waals surface area (Å²) < 4.78 is 10.8. The van der Waals surface area contributed by atoms with Crippen LogP contribution in [0.25, 0.3) is 0 Å². The predicted octanol–water partition coefficient (Wildman–Crippen LogP) is 1.26. The molecule has 0 spiro atoms. The molecule has 1 fully saturated rings. The topological polar surface area (TPSA) is 109 Å². The van der Waals surface area contributed by atoms with E-state index in [9.17, 15) is 14.7 Å². The zero-order chi connectivity index (χ0) is 19.6. The number of hydrazone groups is 1. The Hall–Kier alpha value is -2.87. The molecular weight excluding hydrogens is 350 g/mol. The summed E-state index contributed by atoms with van der Waals surface area (Å²) in [5.74, 6) is -1.26. The first-order valence-corrected chi connectivity index (χ1v) is 8.87. The highest BCUT2D eigenvalue weighted by atomic mass is 16.5. The molecule has 1 atom stereocenters. The molecule has 0 radical (unpaired) electrons. The van der Waals surface area contributed by atoms with E-state index in [1.807, 2.05) is 6.92 Å². The van der Waals surface area contributed by atoms with Gasteiger partial charge in [0.25, 0.3) is 0 Å². The molecule has 8 nitrogen and oxygen atoms in total. The van der Waals surface area contributed by atoms with Gasteiger partial charge in [-0.2, -0.15) is 5.10 Å². The second-order valence-corrected chi connectivity index (χ2v) is 6.00. The van der Waals surface area contributed by atoms with Gasteiger partial charge in [0.05, 0.1) is 18.9 Å². The van der Waals surface area contributed by atoms with Gasteiger partial charge in [-0.15, -0.1) is 6.58 Å². The molecule has 1 aliphatic rings. The first-order valence-electron chi connectivity index (χ1n) is 8.87. The molecule has 2 amide bonds. The van der Waals surface area contributed by atoms with Crippen LogP contribution >= 0.6 is 0 Å². The zero-order valence-corrected chi connectivity index (χ0v) is 15.4. The minimum absolute atomic E-state index is 0.0393. The number of aromatic hydroxyl groups is 1. The number of ether oxygens (including phenoxy) is 2. The lowest BCUT2D eigenvalue weighted by molar-refractivity contribution is -0.139. The molecule has 0 saturated carbocycles. The van der Waals surface area contributed by atoms with E-state index in [4.69, 9.17) is 9.47 Å². The van der Waals surface area contributed by atoms with Crippen molar-refractivity contribution in [2.75, 3.05) is 19.8 Å². The van der Waals surface area contributed by atoms with Crippen molar-refractivity contribution in [3.05, 3.63) is 35.9 Å². The van der Waals surface area contributed by atoms with Crippen LogP contribution in [0.15, 0.2) is 29.9 Å². The number of nitrogens with one attached hydrogen (secondary N) is 2. The largest absolute Gasteiger partial charge is 0.504 e. The molecule has 27 heavy (non-hydrogen) atoms. The van der Waals surface area contributed by atoms with Crippen LogP contribution in [-0.2, 0) is 20.7 Å². The highest BCUT2D eigenvalue weighted by Crippen LogP contribution is 2.31. The summed E-state index contributed by atoms with van der Waals surface area (Å²) in [7, 11) is 0. The summed E-state index contributed by atoms with van der Waals surface area (Å²) in [4.78, 5) is 23.5. The summed E-state index contributed by atoms with van der Waals surface area (Å²) in [6.45, 7) is 6.84. The van der Waals surface area contributed by atoms with E-state index < -0.39 is 11.8 Å². The summed E-state index contributed by atoms with van der Waals surface area (Å²) in [6.07, 6.45) is 5.27. The molecular formula is C19H25N3O5. The van der Waals surface area contributed by atoms with E-state index in [-0.39, 0.29) is 11.9 Å². The van der Waals surface area contributed by atoms with Gasteiger partial charge in [-0.1, -0.05) is 6.08 Å². The lowest BCUT2D eigenvalue weighted by Crippen LogP contribution is -2.41. The van der Waals surface area contributed by atoms with Crippen LogP contribution in [0.1, 0.15) is 30.9 Å². The molecule has 0 aromatic heterocycles. The van der Waals surface area contributed by atoms with Gasteiger partial charge in [0.15, 0.2) is 11.5 Å². The average molecular weight is 375 g/mol. The SMILES string of the molecule is C=CCc1cc(/C=N/NC(=O)C(=O)NC[C@H]2CCCO2)cc(OCC)c1O. The Morgan fingerprint density at radius 3 is 2.93 bits per heavy atom. The fourth-order valence-corrected chi connectivity index (χ4v) is 2.65. The summed E-state index contributed by atoms with van der Waals surface area (Å²) in [5.41, 5.74) is 3.41. The number of carbonyl (C=O) groups is 2. The molecule has 1 aliphatic heterocycles. The molecule has 0 bridgehead atoms. The van der Waals surface area contributed by atoms with E-state index in [0.29, 0.717) is 43.1 Å². The number of hydrogen-bond acceptors (Lipinski definition) is 6. The molecule has 2 rings (SSSR count). The number of phenols is 1. The smallest absolute Gasteiger partial charge is 0.329 e. The fourth-order valence-electron chi connectivity index (χ4n) is 2.65. The van der Waals surface area contributed by atoms with Crippen LogP contribution in [0.3, 0.4) is 0 Å². The Morgan fingerprint density at radius 2 is 2.26 bits per heavy atom. The number of hydrogen-bond donors (Lipinski definition) is 3. The van der Waals surface area contributed by atoms with Crippen LogP contribution in [0.4, 0.5) is 0 Å². The van der Waals surface area contributed by atoms with Crippen LogP contribution in [0.2, 0.25) is 0 Å². The Morgan fingerprint density at radius 1 is 1.44 bits per heavy atom. The number of phenolic OH excluding ortho intramolecular Hbond substituents is 1. The van der Waals surface area contributed by atoms with Crippen LogP contribution in [0.5, 0.6) is 11.5 Å². The molecule has 1 saturated heterocycles. The first-order chi connectivity index (χ1) is 13.0. The van der Waals surface area contributed by atoms with Crippen molar-refractivity contribution in [2.24, 2.45) is 5.10 Å². The number of carbonyl (C=O) groups excluding carboxylic acids is 2. The lowest BCUT2D eigenvalue weighted by Gasteiger charge is -2.11. The Labute approximate surface area is 158 Å². The maximum atomic E-state index is 11.8. The van der Waals surface area contributed by atoms with E-state index in [1.54, 1.807) is 18.2 Å². The molecule has 3 N–H and O–H groups in total. The van der Waals surface area contributed by atoms with Crippen molar-refractivity contribution < 1.29 is 24.2 Å². The van der Waals surface area contributed by atoms with Gasteiger partial charge in [0.1, 0.15) is 0 Å². The number of amides is 2. The zero-order valence-electron chi connectivity index (χ0n) is 15.4. The third-order valence-electron chi connectivity index (χ3n) is 3.94. The minimum atomic E-state index is -0.862.